The minimum absolute atomic E-state index is 0.281. The molecule has 0 saturated carbocycles. The zero-order valence-corrected chi connectivity index (χ0v) is 23.3. The van der Waals surface area contributed by atoms with E-state index in [2.05, 4.69) is 20.9 Å². The number of hydrazone groups is 1. The van der Waals surface area contributed by atoms with Crippen molar-refractivity contribution in [1.82, 2.24) is 9.99 Å². The summed E-state index contributed by atoms with van der Waals surface area (Å²) in [5.41, 5.74) is 3.24. The Kier molecular flexibility index (Phi) is 6.73. The molecule has 1 amide bonds. The molecule has 1 aliphatic heterocycles. The highest BCUT2D eigenvalue weighted by Gasteiger charge is 2.37. The van der Waals surface area contributed by atoms with Crippen LogP contribution in [0.3, 0.4) is 0 Å². The summed E-state index contributed by atoms with van der Waals surface area (Å²) in [6.07, 6.45) is 1.84. The zero-order chi connectivity index (χ0) is 27.8. The van der Waals surface area contributed by atoms with Gasteiger partial charge >= 0.3 is 0 Å². The van der Waals surface area contributed by atoms with Crippen molar-refractivity contribution >= 4 is 38.5 Å². The normalized spacial score (nSPS) is 14.8. The molecule has 1 N–H and O–H groups in total. The number of halogens is 1. The summed E-state index contributed by atoms with van der Waals surface area (Å²) < 4.78 is 17.4. The third kappa shape index (κ3) is 4.58. The highest BCUT2D eigenvalue weighted by molar-refractivity contribution is 9.10. The standard InChI is InChI=1S/C31H24BrN3O5/c1-38-21-13-19(14-22(16-21)39-2)31(37)35-26(27-9-6-12-40-27)17-25(34-35)29-28(18-7-4-3-5-8-18)23-15-20(32)10-11-24(23)33-30(29)36/h3-16,26H,17H2,1-2H3,(H,33,36)/t26-/m0/s1. The summed E-state index contributed by atoms with van der Waals surface area (Å²) in [4.78, 5) is 30.6. The molecule has 1 aliphatic rings. The molecule has 3 aromatic carbocycles. The Morgan fingerprint density at radius 1 is 0.975 bits per heavy atom. The average Bonchev–Trinajstić information content (AvgIpc) is 3.67. The quantitative estimate of drug-likeness (QED) is 0.239. The molecule has 5 aromatic rings. The summed E-state index contributed by atoms with van der Waals surface area (Å²) in [5, 5.41) is 7.02. The predicted molar refractivity (Wildman–Crippen MR) is 156 cm³/mol. The molecule has 0 fully saturated rings. The Morgan fingerprint density at radius 2 is 1.73 bits per heavy atom. The predicted octanol–water partition coefficient (Wildman–Crippen LogP) is 6.56. The number of aromatic amines is 1. The highest BCUT2D eigenvalue weighted by Crippen LogP contribution is 2.38. The summed E-state index contributed by atoms with van der Waals surface area (Å²) in [6.45, 7) is 0. The van der Waals surface area contributed by atoms with Gasteiger partial charge in [-0.2, -0.15) is 5.10 Å². The number of rotatable bonds is 6. The molecule has 2 aromatic heterocycles. The summed E-state index contributed by atoms with van der Waals surface area (Å²) in [6, 6.07) is 23.4. The topological polar surface area (TPSA) is 97.1 Å². The fraction of sp³-hybridized carbons (Fsp3) is 0.129. The van der Waals surface area contributed by atoms with Crippen LogP contribution < -0.4 is 15.0 Å². The van der Waals surface area contributed by atoms with Crippen LogP contribution in [0.2, 0.25) is 0 Å². The fourth-order valence-electron chi connectivity index (χ4n) is 5.06. The number of carbonyl (C=O) groups is 1. The Bertz CT molecular complexity index is 1790. The van der Waals surface area contributed by atoms with Crippen molar-refractivity contribution in [3.05, 3.63) is 117 Å². The van der Waals surface area contributed by atoms with E-state index in [1.54, 1.807) is 36.6 Å². The van der Waals surface area contributed by atoms with Gasteiger partial charge in [0.1, 0.15) is 23.3 Å². The van der Waals surface area contributed by atoms with Gasteiger partial charge in [-0.1, -0.05) is 46.3 Å². The van der Waals surface area contributed by atoms with Gasteiger partial charge in [-0.15, -0.1) is 0 Å². The molecule has 0 unspecified atom stereocenters. The van der Waals surface area contributed by atoms with Gasteiger partial charge < -0.3 is 18.9 Å². The Labute approximate surface area is 238 Å². The first-order valence-electron chi connectivity index (χ1n) is 12.6. The number of pyridine rings is 1. The Morgan fingerprint density at radius 3 is 2.40 bits per heavy atom. The molecule has 40 heavy (non-hydrogen) atoms. The Balaban J connectivity index is 1.55. The van der Waals surface area contributed by atoms with Gasteiger partial charge in [0.05, 0.1) is 31.8 Å². The van der Waals surface area contributed by atoms with Crippen molar-refractivity contribution in [3.63, 3.8) is 0 Å². The SMILES string of the molecule is COc1cc(OC)cc(C(=O)N2N=C(c3c(-c4ccccc4)c4cc(Br)ccc4[nH]c3=O)C[C@H]2c2ccco2)c1. The molecule has 8 nitrogen and oxygen atoms in total. The van der Waals surface area contributed by atoms with Gasteiger partial charge in [0.25, 0.3) is 11.5 Å². The van der Waals surface area contributed by atoms with Gasteiger partial charge in [0.15, 0.2) is 0 Å². The number of hydrogen-bond acceptors (Lipinski definition) is 6. The highest BCUT2D eigenvalue weighted by atomic mass is 79.9. The molecule has 0 aliphatic carbocycles. The van der Waals surface area contributed by atoms with E-state index in [1.807, 2.05) is 48.5 Å². The zero-order valence-electron chi connectivity index (χ0n) is 21.7. The first-order valence-corrected chi connectivity index (χ1v) is 13.3. The van der Waals surface area contributed by atoms with Crippen molar-refractivity contribution < 1.29 is 18.7 Å². The maximum atomic E-state index is 13.9. The van der Waals surface area contributed by atoms with Crippen molar-refractivity contribution in [2.75, 3.05) is 14.2 Å². The second-order valence-electron chi connectivity index (χ2n) is 9.29. The van der Waals surface area contributed by atoms with E-state index in [0.29, 0.717) is 39.6 Å². The number of H-pyrrole nitrogens is 1. The number of nitrogens with one attached hydrogen (secondary N) is 1. The molecule has 3 heterocycles. The molecule has 0 radical (unpaired) electrons. The molecule has 0 bridgehead atoms. The third-order valence-corrected chi connectivity index (χ3v) is 7.41. The van der Waals surface area contributed by atoms with Crippen LogP contribution in [0.15, 0.2) is 104 Å². The first-order chi connectivity index (χ1) is 19.5. The largest absolute Gasteiger partial charge is 0.497 e. The Hall–Kier alpha value is -4.63. The molecule has 6 rings (SSSR count). The maximum Gasteiger partial charge on any atom is 0.274 e. The van der Waals surface area contributed by atoms with Crippen LogP contribution in [0.5, 0.6) is 11.5 Å². The molecule has 200 valence electrons. The average molecular weight is 598 g/mol. The first kappa shape index (κ1) is 25.6. The van der Waals surface area contributed by atoms with Crippen LogP contribution in [0.25, 0.3) is 22.0 Å². The van der Waals surface area contributed by atoms with Gasteiger partial charge in [-0.25, -0.2) is 5.01 Å². The lowest BCUT2D eigenvalue weighted by atomic mass is 9.92. The van der Waals surface area contributed by atoms with E-state index in [9.17, 15) is 9.59 Å². The summed E-state index contributed by atoms with van der Waals surface area (Å²) >= 11 is 3.57. The van der Waals surface area contributed by atoms with E-state index < -0.39 is 6.04 Å². The molecular weight excluding hydrogens is 574 g/mol. The van der Waals surface area contributed by atoms with Crippen LogP contribution in [-0.4, -0.2) is 35.8 Å². The number of methoxy groups -OCH3 is 2. The second-order valence-corrected chi connectivity index (χ2v) is 10.2. The van der Waals surface area contributed by atoms with E-state index in [4.69, 9.17) is 19.0 Å². The third-order valence-electron chi connectivity index (χ3n) is 6.92. The van der Waals surface area contributed by atoms with E-state index in [-0.39, 0.29) is 17.9 Å². The number of fused-ring (bicyclic) bond motifs is 1. The number of furan rings is 1. The van der Waals surface area contributed by atoms with Crippen molar-refractivity contribution in [2.24, 2.45) is 5.10 Å². The summed E-state index contributed by atoms with van der Waals surface area (Å²) in [7, 11) is 3.05. The van der Waals surface area contributed by atoms with Crippen LogP contribution in [0.4, 0.5) is 0 Å². The number of aromatic nitrogens is 1. The molecular formula is C31H24BrN3O5. The minimum atomic E-state index is -0.559. The monoisotopic (exact) mass is 597 g/mol. The lowest BCUT2D eigenvalue weighted by Gasteiger charge is -2.20. The van der Waals surface area contributed by atoms with Gasteiger partial charge in [0, 0.05) is 39.0 Å². The summed E-state index contributed by atoms with van der Waals surface area (Å²) in [5.74, 6) is 1.13. The minimum Gasteiger partial charge on any atom is -0.497 e. The number of carbonyl (C=O) groups excluding carboxylic acids is 1. The maximum absolute atomic E-state index is 13.9. The van der Waals surface area contributed by atoms with Crippen LogP contribution in [0, 0.1) is 0 Å². The van der Waals surface area contributed by atoms with Gasteiger partial charge in [-0.3, -0.25) is 9.59 Å². The van der Waals surface area contributed by atoms with Gasteiger partial charge in [0.2, 0.25) is 0 Å². The second kappa shape index (κ2) is 10.5. The van der Waals surface area contributed by atoms with E-state index >= 15 is 0 Å². The van der Waals surface area contributed by atoms with Crippen LogP contribution >= 0.6 is 15.9 Å². The van der Waals surface area contributed by atoms with E-state index in [0.717, 1.165) is 21.0 Å². The fourth-order valence-corrected chi connectivity index (χ4v) is 5.42. The smallest absolute Gasteiger partial charge is 0.274 e. The molecule has 0 spiro atoms. The molecule has 9 heteroatoms. The van der Waals surface area contributed by atoms with Gasteiger partial charge in [-0.05, 0) is 48.0 Å². The van der Waals surface area contributed by atoms with Crippen LogP contribution in [-0.2, 0) is 0 Å². The number of hydrogen-bond donors (Lipinski definition) is 1. The molecule has 1 atom stereocenters. The van der Waals surface area contributed by atoms with E-state index in [1.165, 1.54) is 19.2 Å². The lowest BCUT2D eigenvalue weighted by molar-refractivity contribution is 0.0692. The van der Waals surface area contributed by atoms with Crippen molar-refractivity contribution in [1.29, 1.82) is 0 Å². The van der Waals surface area contributed by atoms with Crippen molar-refractivity contribution in [2.45, 2.75) is 12.5 Å². The number of amides is 1. The number of ether oxygens (including phenoxy) is 2. The van der Waals surface area contributed by atoms with Crippen LogP contribution in [0.1, 0.15) is 34.1 Å². The number of nitrogens with zero attached hydrogens (tertiary/aromatic N) is 2. The van der Waals surface area contributed by atoms with Crippen molar-refractivity contribution in [3.8, 4) is 22.6 Å². The lowest BCUT2D eigenvalue weighted by Crippen LogP contribution is -2.27. The molecule has 0 saturated heterocycles. The number of benzene rings is 3.